The second-order valence-corrected chi connectivity index (χ2v) is 8.48. The molecule has 37 heavy (non-hydrogen) atoms. The van der Waals surface area contributed by atoms with Crippen molar-refractivity contribution in [3.63, 3.8) is 0 Å². The van der Waals surface area contributed by atoms with Crippen LogP contribution in [-0.4, -0.2) is 24.3 Å². The third-order valence-corrected chi connectivity index (χ3v) is 5.84. The quantitative estimate of drug-likeness (QED) is 0.202. The SMILES string of the molecule is Nc1ccccc1NC(=O)c1ccc(C(C(=O)NCCc2ccccc2)C(=O)Nc2ccccc2)cc1. The van der Waals surface area contributed by atoms with Crippen molar-refractivity contribution in [2.45, 2.75) is 12.3 Å². The summed E-state index contributed by atoms with van der Waals surface area (Å²) in [6, 6.07) is 32.1. The molecule has 0 aliphatic heterocycles. The third-order valence-electron chi connectivity index (χ3n) is 5.84. The lowest BCUT2D eigenvalue weighted by molar-refractivity contribution is -0.129. The number of hydrogen-bond acceptors (Lipinski definition) is 4. The third kappa shape index (κ3) is 6.82. The highest BCUT2D eigenvalue weighted by Gasteiger charge is 2.28. The first-order chi connectivity index (χ1) is 18.0. The van der Waals surface area contributed by atoms with E-state index in [1.165, 1.54) is 0 Å². The summed E-state index contributed by atoms with van der Waals surface area (Å²) in [5, 5.41) is 8.47. The van der Waals surface area contributed by atoms with Gasteiger partial charge in [0.1, 0.15) is 5.92 Å². The van der Waals surface area contributed by atoms with Gasteiger partial charge < -0.3 is 21.7 Å². The molecule has 0 aromatic heterocycles. The van der Waals surface area contributed by atoms with Gasteiger partial charge in [-0.1, -0.05) is 72.8 Å². The lowest BCUT2D eigenvalue weighted by atomic mass is 9.95. The number of rotatable bonds is 9. The molecular formula is C30H28N4O3. The minimum Gasteiger partial charge on any atom is -0.397 e. The fraction of sp³-hybridized carbons (Fsp3) is 0.100. The van der Waals surface area contributed by atoms with Gasteiger partial charge in [-0.05, 0) is 53.9 Å². The van der Waals surface area contributed by atoms with Crippen LogP contribution in [0.1, 0.15) is 27.4 Å². The fourth-order valence-electron chi connectivity index (χ4n) is 3.87. The Bertz CT molecular complexity index is 1360. The molecule has 0 fully saturated rings. The highest BCUT2D eigenvalue weighted by molar-refractivity contribution is 6.11. The Kier molecular flexibility index (Phi) is 8.29. The van der Waals surface area contributed by atoms with Crippen LogP contribution in [0.4, 0.5) is 17.1 Å². The number of amides is 3. The molecule has 0 aliphatic rings. The Morgan fingerprint density at radius 2 is 1.30 bits per heavy atom. The van der Waals surface area contributed by atoms with Crippen molar-refractivity contribution in [2.24, 2.45) is 0 Å². The maximum absolute atomic E-state index is 13.2. The molecule has 7 nitrogen and oxygen atoms in total. The Hall–Kier alpha value is -4.91. The molecule has 0 spiro atoms. The Balaban J connectivity index is 1.50. The molecule has 3 amide bonds. The van der Waals surface area contributed by atoms with E-state index in [0.29, 0.717) is 41.2 Å². The largest absolute Gasteiger partial charge is 0.397 e. The number of para-hydroxylation sites is 3. The lowest BCUT2D eigenvalue weighted by Crippen LogP contribution is -2.37. The molecule has 0 saturated heterocycles. The van der Waals surface area contributed by atoms with Crippen molar-refractivity contribution in [1.29, 1.82) is 0 Å². The van der Waals surface area contributed by atoms with E-state index < -0.39 is 17.7 Å². The fourth-order valence-corrected chi connectivity index (χ4v) is 3.87. The average Bonchev–Trinajstić information content (AvgIpc) is 2.92. The number of carbonyl (C=O) groups excluding carboxylic acids is 3. The van der Waals surface area contributed by atoms with Crippen molar-refractivity contribution in [3.8, 4) is 0 Å². The zero-order chi connectivity index (χ0) is 26.0. The van der Waals surface area contributed by atoms with Crippen LogP contribution in [0.3, 0.4) is 0 Å². The minimum atomic E-state index is -1.10. The molecule has 0 heterocycles. The van der Waals surface area contributed by atoms with Crippen LogP contribution in [0.15, 0.2) is 109 Å². The van der Waals surface area contributed by atoms with E-state index in [4.69, 9.17) is 5.73 Å². The predicted molar refractivity (Wildman–Crippen MR) is 146 cm³/mol. The first kappa shape index (κ1) is 25.2. The number of nitrogens with one attached hydrogen (secondary N) is 3. The normalized spacial score (nSPS) is 11.2. The van der Waals surface area contributed by atoms with E-state index in [9.17, 15) is 14.4 Å². The minimum absolute atomic E-state index is 0.345. The Morgan fingerprint density at radius 3 is 1.97 bits per heavy atom. The van der Waals surface area contributed by atoms with Crippen molar-refractivity contribution >= 4 is 34.8 Å². The molecule has 5 N–H and O–H groups in total. The van der Waals surface area contributed by atoms with Gasteiger partial charge in [-0.25, -0.2) is 0 Å². The van der Waals surface area contributed by atoms with Crippen LogP contribution in [0.5, 0.6) is 0 Å². The van der Waals surface area contributed by atoms with Crippen molar-refractivity contribution in [3.05, 3.63) is 126 Å². The van der Waals surface area contributed by atoms with E-state index in [2.05, 4.69) is 16.0 Å². The molecule has 7 heteroatoms. The molecule has 1 unspecified atom stereocenters. The van der Waals surface area contributed by atoms with Crippen LogP contribution >= 0.6 is 0 Å². The molecule has 4 aromatic rings. The molecule has 186 valence electrons. The number of nitrogens with two attached hydrogens (primary N) is 1. The van der Waals surface area contributed by atoms with Crippen LogP contribution in [0, 0.1) is 0 Å². The average molecular weight is 493 g/mol. The number of benzene rings is 4. The summed E-state index contributed by atoms with van der Waals surface area (Å²) in [6.45, 7) is 0.386. The lowest BCUT2D eigenvalue weighted by Gasteiger charge is -2.18. The smallest absolute Gasteiger partial charge is 0.255 e. The highest BCUT2D eigenvalue weighted by Crippen LogP contribution is 2.22. The number of hydrogen-bond donors (Lipinski definition) is 4. The van der Waals surface area contributed by atoms with Gasteiger partial charge in [0.05, 0.1) is 11.4 Å². The van der Waals surface area contributed by atoms with Crippen molar-refractivity contribution < 1.29 is 14.4 Å². The molecule has 0 bridgehead atoms. The zero-order valence-electron chi connectivity index (χ0n) is 20.2. The van der Waals surface area contributed by atoms with Gasteiger partial charge in [0, 0.05) is 17.8 Å². The predicted octanol–water partition coefficient (Wildman–Crippen LogP) is 4.60. The summed E-state index contributed by atoms with van der Waals surface area (Å²) in [4.78, 5) is 39.1. The van der Waals surface area contributed by atoms with Gasteiger partial charge in [0.25, 0.3) is 5.91 Å². The zero-order valence-corrected chi connectivity index (χ0v) is 20.2. The maximum atomic E-state index is 13.2. The Labute approximate surface area is 215 Å². The van der Waals surface area contributed by atoms with E-state index in [1.807, 2.05) is 36.4 Å². The van der Waals surface area contributed by atoms with Gasteiger partial charge in [-0.15, -0.1) is 0 Å². The number of nitrogen functional groups attached to an aromatic ring is 1. The van der Waals surface area contributed by atoms with Gasteiger partial charge in [-0.3, -0.25) is 14.4 Å². The van der Waals surface area contributed by atoms with E-state index in [-0.39, 0.29) is 5.91 Å². The molecule has 1 atom stereocenters. The summed E-state index contributed by atoms with van der Waals surface area (Å²) in [5.41, 5.74) is 9.40. The summed E-state index contributed by atoms with van der Waals surface area (Å²) >= 11 is 0. The molecule has 4 aromatic carbocycles. The van der Waals surface area contributed by atoms with Crippen LogP contribution < -0.4 is 21.7 Å². The van der Waals surface area contributed by atoms with Gasteiger partial charge >= 0.3 is 0 Å². The second-order valence-electron chi connectivity index (χ2n) is 8.48. The topological polar surface area (TPSA) is 113 Å². The van der Waals surface area contributed by atoms with Gasteiger partial charge in [-0.2, -0.15) is 0 Å². The van der Waals surface area contributed by atoms with E-state index in [1.54, 1.807) is 72.8 Å². The van der Waals surface area contributed by atoms with Crippen LogP contribution in [-0.2, 0) is 16.0 Å². The monoisotopic (exact) mass is 492 g/mol. The molecular weight excluding hydrogens is 464 g/mol. The summed E-state index contributed by atoms with van der Waals surface area (Å²) in [6.07, 6.45) is 0.640. The molecule has 0 radical (unpaired) electrons. The number of carbonyl (C=O) groups is 3. The van der Waals surface area contributed by atoms with Crippen molar-refractivity contribution in [2.75, 3.05) is 22.9 Å². The molecule has 0 saturated carbocycles. The second kappa shape index (κ2) is 12.2. The van der Waals surface area contributed by atoms with Crippen LogP contribution in [0.2, 0.25) is 0 Å². The van der Waals surface area contributed by atoms with Crippen molar-refractivity contribution in [1.82, 2.24) is 5.32 Å². The highest BCUT2D eigenvalue weighted by atomic mass is 16.2. The molecule has 4 rings (SSSR count). The molecule has 0 aliphatic carbocycles. The summed E-state index contributed by atoms with van der Waals surface area (Å²) < 4.78 is 0. The Morgan fingerprint density at radius 1 is 0.676 bits per heavy atom. The summed E-state index contributed by atoms with van der Waals surface area (Å²) in [7, 11) is 0. The van der Waals surface area contributed by atoms with Gasteiger partial charge in [0.2, 0.25) is 11.8 Å². The van der Waals surface area contributed by atoms with E-state index >= 15 is 0 Å². The van der Waals surface area contributed by atoms with Gasteiger partial charge in [0.15, 0.2) is 0 Å². The summed E-state index contributed by atoms with van der Waals surface area (Å²) in [5.74, 6) is -2.32. The number of anilines is 3. The first-order valence-electron chi connectivity index (χ1n) is 11.9. The standard InChI is InChI=1S/C30H28N4O3/c31-25-13-7-8-14-26(25)34-28(35)23-17-15-22(16-18-23)27(30(37)33-24-11-5-2-6-12-24)29(36)32-20-19-21-9-3-1-4-10-21/h1-18,27H,19-20,31H2,(H,32,36)(H,33,37)(H,34,35). The maximum Gasteiger partial charge on any atom is 0.255 e. The van der Waals surface area contributed by atoms with E-state index in [0.717, 1.165) is 5.56 Å². The van der Waals surface area contributed by atoms with Crippen LogP contribution in [0.25, 0.3) is 0 Å². The first-order valence-corrected chi connectivity index (χ1v) is 11.9.